The van der Waals surface area contributed by atoms with E-state index in [1.165, 1.54) is 35.6 Å². The highest BCUT2D eigenvalue weighted by Crippen LogP contribution is 2.36. The van der Waals surface area contributed by atoms with E-state index in [0.717, 1.165) is 27.6 Å². The summed E-state index contributed by atoms with van der Waals surface area (Å²) in [5.41, 5.74) is 3.08. The molecule has 0 bridgehead atoms. The Labute approximate surface area is 189 Å². The van der Waals surface area contributed by atoms with Crippen LogP contribution < -0.4 is 4.90 Å². The van der Waals surface area contributed by atoms with Crippen LogP contribution in [0.25, 0.3) is 10.2 Å². The first kappa shape index (κ1) is 21.5. The van der Waals surface area contributed by atoms with Gasteiger partial charge in [-0.05, 0) is 48.4 Å². The molecule has 1 aromatic heterocycles. The Hall–Kier alpha value is -2.74. The maximum atomic E-state index is 13.5. The van der Waals surface area contributed by atoms with Gasteiger partial charge in [0.05, 0.1) is 26.7 Å². The van der Waals surface area contributed by atoms with Gasteiger partial charge in [-0.3, -0.25) is 9.69 Å². The quantitative estimate of drug-likeness (QED) is 0.385. The van der Waals surface area contributed by atoms with E-state index in [-0.39, 0.29) is 10.8 Å². The zero-order valence-corrected chi connectivity index (χ0v) is 19.3. The summed E-state index contributed by atoms with van der Waals surface area (Å²) in [7, 11) is -3.34. The molecule has 0 N–H and O–H groups in total. The van der Waals surface area contributed by atoms with Crippen LogP contribution in [0.1, 0.15) is 21.5 Å². The third kappa shape index (κ3) is 4.49. The van der Waals surface area contributed by atoms with Gasteiger partial charge in [0.2, 0.25) is 0 Å². The minimum atomic E-state index is -3.34. The van der Waals surface area contributed by atoms with E-state index in [2.05, 4.69) is 0 Å². The van der Waals surface area contributed by atoms with E-state index < -0.39 is 9.84 Å². The number of aromatic nitrogens is 1. The monoisotopic (exact) mass is 470 g/mol. The number of amides is 1. The van der Waals surface area contributed by atoms with E-state index in [0.29, 0.717) is 22.3 Å². The molecule has 0 saturated heterocycles. The van der Waals surface area contributed by atoms with Crippen LogP contribution in [-0.2, 0) is 16.4 Å². The number of carbonyl (C=O) groups excluding carboxylic acids is 1. The Morgan fingerprint density at radius 2 is 1.71 bits per heavy atom. The number of fused-ring (bicyclic) bond motifs is 1. The maximum absolute atomic E-state index is 13.5. The molecular weight excluding hydrogens is 452 g/mol. The van der Waals surface area contributed by atoms with Crippen molar-refractivity contribution in [2.24, 2.45) is 0 Å². The predicted octanol–water partition coefficient (Wildman–Crippen LogP) is 5.51. The van der Waals surface area contributed by atoms with Gasteiger partial charge in [-0.25, -0.2) is 13.4 Å². The first-order valence-electron chi connectivity index (χ1n) is 9.45. The van der Waals surface area contributed by atoms with Crippen LogP contribution in [0.3, 0.4) is 0 Å². The Morgan fingerprint density at radius 3 is 2.32 bits per heavy atom. The maximum Gasteiger partial charge on any atom is 0.260 e. The molecule has 158 valence electrons. The van der Waals surface area contributed by atoms with Crippen molar-refractivity contribution in [1.29, 1.82) is 0 Å². The van der Waals surface area contributed by atoms with Gasteiger partial charge in [-0.15, -0.1) is 0 Å². The molecule has 0 aliphatic rings. The molecule has 0 fully saturated rings. The Bertz CT molecular complexity index is 1330. The van der Waals surface area contributed by atoms with Gasteiger partial charge >= 0.3 is 0 Å². The van der Waals surface area contributed by atoms with Crippen LogP contribution in [0, 0.1) is 6.92 Å². The number of nitrogens with zero attached hydrogens (tertiary/aromatic N) is 2. The van der Waals surface area contributed by atoms with Crippen LogP contribution in [0.5, 0.6) is 0 Å². The molecule has 0 spiro atoms. The van der Waals surface area contributed by atoms with E-state index >= 15 is 0 Å². The highest BCUT2D eigenvalue weighted by atomic mass is 35.5. The lowest BCUT2D eigenvalue weighted by atomic mass is 10.1. The molecule has 0 aliphatic carbocycles. The number of sulfone groups is 1. The van der Waals surface area contributed by atoms with Gasteiger partial charge < -0.3 is 0 Å². The molecule has 0 saturated carbocycles. The van der Waals surface area contributed by atoms with Crippen molar-refractivity contribution in [2.45, 2.75) is 18.4 Å². The molecule has 1 amide bonds. The third-order valence-corrected chi connectivity index (χ3v) is 7.54. The predicted molar refractivity (Wildman–Crippen MR) is 126 cm³/mol. The molecule has 5 nitrogen and oxygen atoms in total. The fraction of sp³-hybridized carbons (Fsp3) is 0.130. The lowest BCUT2D eigenvalue weighted by molar-refractivity contribution is 0.0985. The second kappa shape index (κ2) is 8.42. The lowest BCUT2D eigenvalue weighted by Crippen LogP contribution is -2.30. The van der Waals surface area contributed by atoms with Gasteiger partial charge in [0.25, 0.3) is 5.91 Å². The van der Waals surface area contributed by atoms with Crippen molar-refractivity contribution >= 4 is 54.0 Å². The highest BCUT2D eigenvalue weighted by molar-refractivity contribution is 7.90. The first-order valence-corrected chi connectivity index (χ1v) is 12.5. The Kier molecular flexibility index (Phi) is 5.83. The number of carbonyl (C=O) groups is 1. The molecule has 0 unspecified atom stereocenters. The summed E-state index contributed by atoms with van der Waals surface area (Å²) in [6.45, 7) is 2.28. The number of thiazole rings is 1. The molecule has 0 aliphatic heterocycles. The van der Waals surface area contributed by atoms with Crippen molar-refractivity contribution in [3.8, 4) is 0 Å². The van der Waals surface area contributed by atoms with Crippen LogP contribution in [-0.4, -0.2) is 25.6 Å². The van der Waals surface area contributed by atoms with Crippen LogP contribution in [0.2, 0.25) is 5.02 Å². The highest BCUT2D eigenvalue weighted by Gasteiger charge is 2.23. The second-order valence-corrected chi connectivity index (χ2v) is 10.6. The van der Waals surface area contributed by atoms with E-state index in [1.807, 2.05) is 49.4 Å². The van der Waals surface area contributed by atoms with Crippen molar-refractivity contribution in [3.05, 3.63) is 88.4 Å². The Morgan fingerprint density at radius 1 is 1.03 bits per heavy atom. The van der Waals surface area contributed by atoms with Crippen LogP contribution in [0.4, 0.5) is 5.13 Å². The summed E-state index contributed by atoms with van der Waals surface area (Å²) in [5.74, 6) is -0.267. The third-order valence-electron chi connectivity index (χ3n) is 4.87. The molecule has 3 aromatic carbocycles. The SMILES string of the molecule is Cc1ccc(Cl)c2sc(N(Cc3ccccc3)C(=O)c3ccc(S(C)(=O)=O)cc3)nc12. The van der Waals surface area contributed by atoms with Gasteiger partial charge in [0.1, 0.15) is 0 Å². The average Bonchev–Trinajstić information content (AvgIpc) is 3.21. The van der Waals surface area contributed by atoms with Crippen LogP contribution >= 0.6 is 22.9 Å². The van der Waals surface area contributed by atoms with E-state index in [4.69, 9.17) is 16.6 Å². The Balaban J connectivity index is 1.79. The zero-order valence-electron chi connectivity index (χ0n) is 16.9. The topological polar surface area (TPSA) is 67.3 Å². The fourth-order valence-corrected chi connectivity index (χ4v) is 5.14. The van der Waals surface area contributed by atoms with Crippen molar-refractivity contribution in [2.75, 3.05) is 11.2 Å². The van der Waals surface area contributed by atoms with Crippen molar-refractivity contribution < 1.29 is 13.2 Å². The van der Waals surface area contributed by atoms with Crippen molar-refractivity contribution in [3.63, 3.8) is 0 Å². The minimum absolute atomic E-state index is 0.168. The molecule has 0 radical (unpaired) electrons. The molecule has 4 aromatic rings. The number of rotatable bonds is 5. The van der Waals surface area contributed by atoms with Gasteiger partial charge in [-0.1, -0.05) is 59.3 Å². The summed E-state index contributed by atoms with van der Waals surface area (Å²) in [5, 5.41) is 1.13. The number of halogens is 1. The van der Waals surface area contributed by atoms with Gasteiger partial charge in [-0.2, -0.15) is 0 Å². The largest absolute Gasteiger partial charge is 0.279 e. The molecular formula is C23H19ClN2O3S2. The van der Waals surface area contributed by atoms with E-state index in [9.17, 15) is 13.2 Å². The molecule has 0 atom stereocenters. The van der Waals surface area contributed by atoms with Gasteiger partial charge in [0.15, 0.2) is 15.0 Å². The van der Waals surface area contributed by atoms with Gasteiger partial charge in [0, 0.05) is 11.8 Å². The molecule has 1 heterocycles. The molecule has 8 heteroatoms. The minimum Gasteiger partial charge on any atom is -0.279 e. The normalized spacial score (nSPS) is 11.6. The average molecular weight is 471 g/mol. The number of hydrogen-bond donors (Lipinski definition) is 0. The fourth-order valence-electron chi connectivity index (χ4n) is 3.20. The summed E-state index contributed by atoms with van der Waals surface area (Å²) in [6, 6.07) is 19.3. The summed E-state index contributed by atoms with van der Waals surface area (Å²) >= 11 is 7.74. The first-order chi connectivity index (χ1) is 14.7. The van der Waals surface area contributed by atoms with Crippen molar-refractivity contribution in [1.82, 2.24) is 4.98 Å². The summed E-state index contributed by atoms with van der Waals surface area (Å²) in [6.07, 6.45) is 1.14. The number of anilines is 1. The number of hydrogen-bond acceptors (Lipinski definition) is 5. The smallest absolute Gasteiger partial charge is 0.260 e. The van der Waals surface area contributed by atoms with E-state index in [1.54, 1.807) is 4.90 Å². The number of aryl methyl sites for hydroxylation is 1. The summed E-state index contributed by atoms with van der Waals surface area (Å²) in [4.78, 5) is 20.0. The van der Waals surface area contributed by atoms with Crippen LogP contribution in [0.15, 0.2) is 71.6 Å². The molecule has 31 heavy (non-hydrogen) atoms. The standard InChI is InChI=1S/C23H19ClN2O3S2/c1-15-8-13-19(24)21-20(15)25-23(30-21)26(14-16-6-4-3-5-7-16)22(27)17-9-11-18(12-10-17)31(2,28)29/h3-13H,14H2,1-2H3. The lowest BCUT2D eigenvalue weighted by Gasteiger charge is -2.20. The molecule has 4 rings (SSSR count). The number of benzene rings is 3. The zero-order chi connectivity index (χ0) is 22.2. The second-order valence-electron chi connectivity index (χ2n) is 7.21. The summed E-state index contributed by atoms with van der Waals surface area (Å²) < 4.78 is 24.3.